The average Bonchev–Trinajstić information content (AvgIpc) is 2.77. The maximum absolute atomic E-state index is 5.83. The SMILES string of the molecule is Cc1nc(N2CCC(C(C)(C)C)C2)ncc1CCl. The van der Waals surface area contributed by atoms with Gasteiger partial charge >= 0.3 is 0 Å². The highest BCUT2D eigenvalue weighted by Gasteiger charge is 2.32. The molecule has 2 rings (SSSR count). The number of rotatable bonds is 2. The van der Waals surface area contributed by atoms with Crippen LogP contribution in [0.15, 0.2) is 6.20 Å². The molecule has 1 atom stereocenters. The monoisotopic (exact) mass is 267 g/mol. The minimum absolute atomic E-state index is 0.361. The Hall–Kier alpha value is -0.830. The highest BCUT2D eigenvalue weighted by molar-refractivity contribution is 6.17. The maximum Gasteiger partial charge on any atom is 0.225 e. The van der Waals surface area contributed by atoms with Crippen LogP contribution in [0.25, 0.3) is 0 Å². The normalized spacial score (nSPS) is 20.5. The molecule has 18 heavy (non-hydrogen) atoms. The number of aryl methyl sites for hydroxylation is 1. The quantitative estimate of drug-likeness (QED) is 0.769. The Morgan fingerprint density at radius 3 is 2.67 bits per heavy atom. The average molecular weight is 268 g/mol. The molecule has 1 aliphatic rings. The molecule has 2 heterocycles. The number of hydrogen-bond acceptors (Lipinski definition) is 3. The minimum Gasteiger partial charge on any atom is -0.341 e. The number of nitrogens with zero attached hydrogens (tertiary/aromatic N) is 3. The first kappa shape index (κ1) is 13.6. The van der Waals surface area contributed by atoms with Crippen LogP contribution in [0.5, 0.6) is 0 Å². The number of hydrogen-bond donors (Lipinski definition) is 0. The van der Waals surface area contributed by atoms with Gasteiger partial charge in [0.1, 0.15) is 0 Å². The van der Waals surface area contributed by atoms with Crippen molar-refractivity contribution in [1.82, 2.24) is 9.97 Å². The Bertz CT molecular complexity index is 426. The lowest BCUT2D eigenvalue weighted by Gasteiger charge is -2.27. The van der Waals surface area contributed by atoms with Crippen molar-refractivity contribution in [1.29, 1.82) is 0 Å². The molecule has 0 spiro atoms. The molecule has 0 amide bonds. The van der Waals surface area contributed by atoms with Crippen molar-refractivity contribution in [2.45, 2.75) is 40.0 Å². The van der Waals surface area contributed by atoms with Gasteiger partial charge < -0.3 is 4.90 Å². The topological polar surface area (TPSA) is 29.0 Å². The van der Waals surface area contributed by atoms with E-state index < -0.39 is 0 Å². The fraction of sp³-hybridized carbons (Fsp3) is 0.714. The third kappa shape index (κ3) is 2.77. The van der Waals surface area contributed by atoms with Crippen LogP contribution in [0.3, 0.4) is 0 Å². The van der Waals surface area contributed by atoms with E-state index in [2.05, 4.69) is 35.6 Å². The lowest BCUT2D eigenvalue weighted by atomic mass is 9.80. The number of halogens is 1. The summed E-state index contributed by atoms with van der Waals surface area (Å²) in [6, 6.07) is 0. The summed E-state index contributed by atoms with van der Waals surface area (Å²) in [5.74, 6) is 2.05. The Morgan fingerprint density at radius 1 is 1.44 bits per heavy atom. The molecule has 1 aliphatic heterocycles. The summed E-state index contributed by atoms with van der Waals surface area (Å²) in [4.78, 5) is 11.3. The molecule has 0 bridgehead atoms. The number of alkyl halides is 1. The molecule has 3 nitrogen and oxygen atoms in total. The predicted octanol–water partition coefficient (Wildman–Crippen LogP) is 3.40. The Balaban J connectivity index is 2.12. The van der Waals surface area contributed by atoms with Crippen molar-refractivity contribution >= 4 is 17.5 Å². The van der Waals surface area contributed by atoms with Crippen LogP contribution in [0, 0.1) is 18.3 Å². The van der Waals surface area contributed by atoms with Crippen LogP contribution in [0.2, 0.25) is 0 Å². The van der Waals surface area contributed by atoms with Crippen LogP contribution in [0.1, 0.15) is 38.4 Å². The molecule has 0 N–H and O–H groups in total. The lowest BCUT2D eigenvalue weighted by Crippen LogP contribution is -2.27. The van der Waals surface area contributed by atoms with E-state index in [0.717, 1.165) is 30.3 Å². The first-order chi connectivity index (χ1) is 8.41. The second kappa shape index (κ2) is 5.04. The highest BCUT2D eigenvalue weighted by Crippen LogP contribution is 2.34. The molecule has 0 radical (unpaired) electrons. The zero-order valence-electron chi connectivity index (χ0n) is 11.7. The Kier molecular flexibility index (Phi) is 3.81. The fourth-order valence-electron chi connectivity index (χ4n) is 2.41. The van der Waals surface area contributed by atoms with Crippen molar-refractivity contribution in [3.05, 3.63) is 17.5 Å². The Labute approximate surface area is 115 Å². The second-order valence-electron chi connectivity index (χ2n) is 6.21. The van der Waals surface area contributed by atoms with Gasteiger partial charge in [0.15, 0.2) is 0 Å². The first-order valence-electron chi connectivity index (χ1n) is 6.55. The summed E-state index contributed by atoms with van der Waals surface area (Å²) in [5.41, 5.74) is 2.38. The summed E-state index contributed by atoms with van der Waals surface area (Å²) in [5, 5.41) is 0. The smallest absolute Gasteiger partial charge is 0.225 e. The van der Waals surface area contributed by atoms with Crippen LogP contribution >= 0.6 is 11.6 Å². The van der Waals surface area contributed by atoms with Gasteiger partial charge in [0.05, 0.1) is 5.88 Å². The van der Waals surface area contributed by atoms with Gasteiger partial charge in [0.2, 0.25) is 5.95 Å². The molecular weight excluding hydrogens is 246 g/mol. The van der Waals surface area contributed by atoms with E-state index >= 15 is 0 Å². The lowest BCUT2D eigenvalue weighted by molar-refractivity contribution is 0.263. The van der Waals surface area contributed by atoms with Gasteiger partial charge in [-0.05, 0) is 24.7 Å². The fourth-order valence-corrected chi connectivity index (χ4v) is 2.67. The molecule has 1 fully saturated rings. The van der Waals surface area contributed by atoms with Crippen molar-refractivity contribution in [2.75, 3.05) is 18.0 Å². The van der Waals surface area contributed by atoms with E-state index in [4.69, 9.17) is 11.6 Å². The standard InChI is InChI=1S/C14H22ClN3/c1-10-11(7-15)8-16-13(17-10)18-6-5-12(9-18)14(2,3)4/h8,12H,5-7,9H2,1-4H3. The van der Waals surface area contributed by atoms with Crippen LogP contribution in [-0.2, 0) is 5.88 Å². The number of aromatic nitrogens is 2. The second-order valence-corrected chi connectivity index (χ2v) is 6.48. The van der Waals surface area contributed by atoms with Gasteiger partial charge in [-0.2, -0.15) is 0 Å². The van der Waals surface area contributed by atoms with Crippen molar-refractivity contribution in [3.8, 4) is 0 Å². The molecule has 1 aromatic heterocycles. The number of anilines is 1. The van der Waals surface area contributed by atoms with Gasteiger partial charge in [-0.3, -0.25) is 0 Å². The zero-order valence-corrected chi connectivity index (χ0v) is 12.5. The van der Waals surface area contributed by atoms with Crippen LogP contribution in [-0.4, -0.2) is 23.1 Å². The molecule has 1 unspecified atom stereocenters. The molecule has 0 saturated carbocycles. The summed E-state index contributed by atoms with van der Waals surface area (Å²) in [7, 11) is 0. The largest absolute Gasteiger partial charge is 0.341 e. The van der Waals surface area contributed by atoms with E-state index in [1.165, 1.54) is 6.42 Å². The van der Waals surface area contributed by atoms with Crippen LogP contribution in [0.4, 0.5) is 5.95 Å². The highest BCUT2D eigenvalue weighted by atomic mass is 35.5. The summed E-state index contributed by atoms with van der Waals surface area (Å²) < 4.78 is 0. The molecule has 1 aromatic rings. The summed E-state index contributed by atoms with van der Waals surface area (Å²) in [6.07, 6.45) is 3.08. The maximum atomic E-state index is 5.83. The van der Waals surface area contributed by atoms with E-state index in [-0.39, 0.29) is 0 Å². The van der Waals surface area contributed by atoms with Crippen molar-refractivity contribution < 1.29 is 0 Å². The van der Waals surface area contributed by atoms with E-state index in [0.29, 0.717) is 17.2 Å². The summed E-state index contributed by atoms with van der Waals surface area (Å²) in [6.45, 7) is 11.0. The molecule has 4 heteroatoms. The van der Waals surface area contributed by atoms with Crippen molar-refractivity contribution in [2.24, 2.45) is 11.3 Å². The Morgan fingerprint density at radius 2 is 2.17 bits per heavy atom. The minimum atomic E-state index is 0.361. The van der Waals surface area contributed by atoms with Gasteiger partial charge in [-0.25, -0.2) is 9.97 Å². The predicted molar refractivity (Wildman–Crippen MR) is 76.1 cm³/mol. The van der Waals surface area contributed by atoms with Gasteiger partial charge in [0, 0.05) is 30.5 Å². The molecule has 100 valence electrons. The van der Waals surface area contributed by atoms with Crippen LogP contribution < -0.4 is 4.90 Å². The zero-order chi connectivity index (χ0) is 13.3. The third-order valence-corrected chi connectivity index (χ3v) is 4.20. The van der Waals surface area contributed by atoms with E-state index in [1.807, 2.05) is 13.1 Å². The van der Waals surface area contributed by atoms with Gasteiger partial charge in [-0.1, -0.05) is 20.8 Å². The summed E-state index contributed by atoms with van der Waals surface area (Å²) >= 11 is 5.83. The molecule has 0 aliphatic carbocycles. The van der Waals surface area contributed by atoms with E-state index in [9.17, 15) is 0 Å². The van der Waals surface area contributed by atoms with Crippen molar-refractivity contribution in [3.63, 3.8) is 0 Å². The first-order valence-corrected chi connectivity index (χ1v) is 7.08. The molecule has 1 saturated heterocycles. The van der Waals surface area contributed by atoms with Gasteiger partial charge in [-0.15, -0.1) is 11.6 Å². The van der Waals surface area contributed by atoms with E-state index in [1.54, 1.807) is 0 Å². The third-order valence-electron chi connectivity index (χ3n) is 3.91. The molecular formula is C14H22ClN3. The van der Waals surface area contributed by atoms with Gasteiger partial charge in [0.25, 0.3) is 0 Å². The molecule has 0 aromatic carbocycles.